The summed E-state index contributed by atoms with van der Waals surface area (Å²) < 4.78 is 11.3. The first-order valence-corrected chi connectivity index (χ1v) is 11.7. The van der Waals surface area contributed by atoms with Gasteiger partial charge < -0.3 is 14.4 Å². The van der Waals surface area contributed by atoms with Gasteiger partial charge >= 0.3 is 0 Å². The summed E-state index contributed by atoms with van der Waals surface area (Å²) in [4.78, 5) is 19.4. The fourth-order valence-corrected chi connectivity index (χ4v) is 5.53. The van der Waals surface area contributed by atoms with E-state index in [-0.39, 0.29) is 5.91 Å². The lowest BCUT2D eigenvalue weighted by molar-refractivity contribution is -0.131. The van der Waals surface area contributed by atoms with Crippen molar-refractivity contribution in [1.29, 1.82) is 0 Å². The number of thiazole rings is 1. The highest BCUT2D eigenvalue weighted by Crippen LogP contribution is 2.37. The van der Waals surface area contributed by atoms with Crippen molar-refractivity contribution in [2.75, 3.05) is 26.3 Å². The molecule has 150 valence electrons. The molecule has 0 N–H and O–H groups in total. The van der Waals surface area contributed by atoms with Gasteiger partial charge in [-0.2, -0.15) is 11.3 Å². The molecule has 0 atom stereocenters. The summed E-state index contributed by atoms with van der Waals surface area (Å²) in [7, 11) is 0. The quantitative estimate of drug-likeness (QED) is 0.612. The van der Waals surface area contributed by atoms with Crippen LogP contribution in [-0.4, -0.2) is 42.1 Å². The topological polar surface area (TPSA) is 51.7 Å². The Morgan fingerprint density at radius 2 is 1.93 bits per heavy atom. The predicted octanol–water partition coefficient (Wildman–Crippen LogP) is 4.59. The van der Waals surface area contributed by atoms with Crippen LogP contribution in [0.15, 0.2) is 40.4 Å². The third-order valence-electron chi connectivity index (χ3n) is 5.49. The Balaban J connectivity index is 1.22. The van der Waals surface area contributed by atoms with Gasteiger partial charge in [0, 0.05) is 30.0 Å². The van der Waals surface area contributed by atoms with Crippen molar-refractivity contribution in [3.8, 4) is 22.8 Å². The first-order chi connectivity index (χ1) is 14.3. The van der Waals surface area contributed by atoms with Crippen LogP contribution in [-0.2, 0) is 11.2 Å². The van der Waals surface area contributed by atoms with Crippen LogP contribution in [0.5, 0.6) is 11.5 Å². The number of fused-ring (bicyclic) bond motifs is 1. The number of thiophene rings is 1. The summed E-state index contributed by atoms with van der Waals surface area (Å²) in [5.74, 6) is 2.25. The van der Waals surface area contributed by atoms with Crippen molar-refractivity contribution >= 4 is 28.6 Å². The molecule has 0 saturated carbocycles. The number of amides is 1. The summed E-state index contributed by atoms with van der Waals surface area (Å²) in [6, 6.07) is 8.04. The van der Waals surface area contributed by atoms with E-state index in [0.29, 0.717) is 25.6 Å². The zero-order valence-corrected chi connectivity index (χ0v) is 17.6. The van der Waals surface area contributed by atoms with Gasteiger partial charge in [-0.3, -0.25) is 4.79 Å². The van der Waals surface area contributed by atoms with E-state index in [1.54, 1.807) is 22.7 Å². The van der Waals surface area contributed by atoms with Gasteiger partial charge in [0.15, 0.2) is 11.5 Å². The molecule has 1 amide bonds. The molecule has 0 bridgehead atoms. The Hall–Kier alpha value is -2.38. The number of rotatable bonds is 4. The summed E-state index contributed by atoms with van der Waals surface area (Å²) in [6.45, 7) is 2.81. The average Bonchev–Trinajstić information content (AvgIpc) is 3.46. The largest absolute Gasteiger partial charge is 0.486 e. The predicted molar refractivity (Wildman–Crippen MR) is 115 cm³/mol. The molecule has 4 heterocycles. The number of carbonyl (C=O) groups is 1. The van der Waals surface area contributed by atoms with Crippen LogP contribution in [0, 0.1) is 0 Å². The molecule has 0 spiro atoms. The number of carbonyl (C=O) groups excluding carboxylic acids is 1. The van der Waals surface area contributed by atoms with E-state index in [2.05, 4.69) is 10.8 Å². The minimum Gasteiger partial charge on any atom is -0.486 e. The minimum atomic E-state index is 0.234. The molecular formula is C22H22N2O3S2. The fraction of sp³-hybridized carbons (Fsp3) is 0.364. The van der Waals surface area contributed by atoms with Crippen LogP contribution >= 0.6 is 22.7 Å². The van der Waals surface area contributed by atoms with E-state index >= 15 is 0 Å². The molecule has 0 aliphatic carbocycles. The number of hydrogen-bond acceptors (Lipinski definition) is 6. The molecule has 1 fully saturated rings. The van der Waals surface area contributed by atoms with Gasteiger partial charge in [0.25, 0.3) is 0 Å². The average molecular weight is 427 g/mol. The summed E-state index contributed by atoms with van der Waals surface area (Å²) in [5, 5.41) is 7.37. The molecule has 5 rings (SSSR count). The van der Waals surface area contributed by atoms with Crippen LogP contribution in [0.3, 0.4) is 0 Å². The molecule has 29 heavy (non-hydrogen) atoms. The van der Waals surface area contributed by atoms with Crippen molar-refractivity contribution in [3.05, 3.63) is 51.0 Å². The number of piperidine rings is 1. The van der Waals surface area contributed by atoms with E-state index in [4.69, 9.17) is 14.5 Å². The third kappa shape index (κ3) is 4.02. The highest BCUT2D eigenvalue weighted by Gasteiger charge is 2.26. The second-order valence-electron chi connectivity index (χ2n) is 7.39. The van der Waals surface area contributed by atoms with Crippen LogP contribution in [0.2, 0.25) is 0 Å². The molecule has 5 nitrogen and oxygen atoms in total. The van der Waals surface area contributed by atoms with E-state index in [1.165, 1.54) is 5.01 Å². The maximum absolute atomic E-state index is 12.5. The number of hydrogen-bond donors (Lipinski definition) is 0. The zero-order chi connectivity index (χ0) is 19.6. The van der Waals surface area contributed by atoms with Crippen molar-refractivity contribution in [2.45, 2.75) is 25.2 Å². The lowest BCUT2D eigenvalue weighted by Crippen LogP contribution is -2.38. The standard InChI is InChI=1S/C22H22N2O3S2/c25-21(11-15-5-10-28-13-15)24-6-3-16(4-7-24)22-23-18(14-29-22)17-1-2-19-20(12-17)27-9-8-26-19/h1-2,5,10,12-14,16H,3-4,6-9,11H2. The van der Waals surface area contributed by atoms with Gasteiger partial charge in [-0.1, -0.05) is 0 Å². The van der Waals surface area contributed by atoms with Crippen LogP contribution in [0.25, 0.3) is 11.3 Å². The van der Waals surface area contributed by atoms with E-state index in [9.17, 15) is 4.79 Å². The Kier molecular flexibility index (Phi) is 5.24. The third-order valence-corrected chi connectivity index (χ3v) is 7.23. The fourth-order valence-electron chi connectivity index (χ4n) is 3.87. The highest BCUT2D eigenvalue weighted by atomic mass is 32.1. The number of aromatic nitrogens is 1. The lowest BCUT2D eigenvalue weighted by Gasteiger charge is -2.31. The molecule has 2 aliphatic rings. The van der Waals surface area contributed by atoms with E-state index in [1.807, 2.05) is 34.5 Å². The van der Waals surface area contributed by atoms with Crippen LogP contribution in [0.4, 0.5) is 0 Å². The number of ether oxygens (including phenoxy) is 2. The Bertz CT molecular complexity index is 991. The molecule has 2 aromatic heterocycles. The number of nitrogens with zero attached hydrogens (tertiary/aromatic N) is 2. The number of benzene rings is 1. The maximum Gasteiger partial charge on any atom is 0.227 e. The van der Waals surface area contributed by atoms with Crippen LogP contribution < -0.4 is 9.47 Å². The van der Waals surface area contributed by atoms with Gasteiger partial charge in [0.05, 0.1) is 17.1 Å². The second kappa shape index (κ2) is 8.16. The first kappa shape index (κ1) is 18.6. The van der Waals surface area contributed by atoms with Crippen molar-refractivity contribution in [1.82, 2.24) is 9.88 Å². The van der Waals surface area contributed by atoms with E-state index < -0.39 is 0 Å². The van der Waals surface area contributed by atoms with Crippen molar-refractivity contribution in [2.24, 2.45) is 0 Å². The van der Waals surface area contributed by atoms with Gasteiger partial charge in [-0.25, -0.2) is 4.98 Å². The molecule has 0 unspecified atom stereocenters. The maximum atomic E-state index is 12.5. The second-order valence-corrected chi connectivity index (χ2v) is 9.06. The molecule has 1 saturated heterocycles. The molecule has 7 heteroatoms. The zero-order valence-electron chi connectivity index (χ0n) is 16.0. The monoisotopic (exact) mass is 426 g/mol. The van der Waals surface area contributed by atoms with Gasteiger partial charge in [-0.05, 0) is 53.4 Å². The lowest BCUT2D eigenvalue weighted by atomic mass is 9.97. The van der Waals surface area contributed by atoms with Crippen LogP contribution in [0.1, 0.15) is 29.3 Å². The smallest absolute Gasteiger partial charge is 0.227 e. The van der Waals surface area contributed by atoms with E-state index in [0.717, 1.165) is 54.3 Å². The highest BCUT2D eigenvalue weighted by molar-refractivity contribution is 7.10. The van der Waals surface area contributed by atoms with Gasteiger partial charge in [0.1, 0.15) is 13.2 Å². The summed E-state index contributed by atoms with van der Waals surface area (Å²) in [6.07, 6.45) is 2.46. The number of likely N-dealkylation sites (tertiary alicyclic amines) is 1. The van der Waals surface area contributed by atoms with Gasteiger partial charge in [-0.15, -0.1) is 11.3 Å². The van der Waals surface area contributed by atoms with Gasteiger partial charge in [0.2, 0.25) is 5.91 Å². The minimum absolute atomic E-state index is 0.234. The molecular weight excluding hydrogens is 404 g/mol. The Morgan fingerprint density at radius 3 is 2.72 bits per heavy atom. The van der Waals surface area contributed by atoms with Crippen molar-refractivity contribution in [3.63, 3.8) is 0 Å². The Morgan fingerprint density at radius 1 is 1.10 bits per heavy atom. The normalized spacial score (nSPS) is 16.8. The summed E-state index contributed by atoms with van der Waals surface area (Å²) in [5.41, 5.74) is 3.16. The SMILES string of the molecule is O=C(Cc1ccsc1)N1CCC(c2nc(-c3ccc4c(c3)OCCO4)cs2)CC1. The molecule has 3 aromatic rings. The first-order valence-electron chi connectivity index (χ1n) is 9.90. The Labute approximate surface area is 177 Å². The molecule has 0 radical (unpaired) electrons. The molecule has 2 aliphatic heterocycles. The van der Waals surface area contributed by atoms with Crippen molar-refractivity contribution < 1.29 is 14.3 Å². The summed E-state index contributed by atoms with van der Waals surface area (Å²) >= 11 is 3.36. The molecule has 1 aromatic carbocycles.